The zero-order valence-corrected chi connectivity index (χ0v) is 16.4. The lowest BCUT2D eigenvalue weighted by molar-refractivity contribution is 0.0472. The third-order valence-electron chi connectivity index (χ3n) is 4.88. The first-order chi connectivity index (χ1) is 12.2. The number of nitrogens with one attached hydrogen (secondary N) is 1. The van der Waals surface area contributed by atoms with Gasteiger partial charge in [-0.1, -0.05) is 42.5 Å². The molecular weight excluding hydrogens is 320 g/mol. The average Bonchev–Trinajstić information content (AvgIpc) is 2.58. The van der Waals surface area contributed by atoms with E-state index < -0.39 is 0 Å². The van der Waals surface area contributed by atoms with Gasteiger partial charge in [-0.25, -0.2) is 0 Å². The smallest absolute Gasteiger partial charge is 0.253 e. The summed E-state index contributed by atoms with van der Waals surface area (Å²) in [6.45, 7) is 10.1. The van der Waals surface area contributed by atoms with Crippen LogP contribution in [-0.4, -0.2) is 35.0 Å². The molecule has 138 valence electrons. The van der Waals surface area contributed by atoms with E-state index in [1.807, 2.05) is 23.1 Å². The zero-order valence-electron chi connectivity index (χ0n) is 16.4. The fourth-order valence-electron chi connectivity index (χ4n) is 4.08. The highest BCUT2D eigenvalue weighted by Gasteiger charge is 2.38. The van der Waals surface area contributed by atoms with Crippen LogP contribution < -0.4 is 5.32 Å². The summed E-state index contributed by atoms with van der Waals surface area (Å²) >= 11 is 0. The molecule has 1 aliphatic heterocycles. The minimum Gasteiger partial charge on any atom is -0.335 e. The Kier molecular flexibility index (Phi) is 5.19. The predicted octanol–water partition coefficient (Wildman–Crippen LogP) is 4.07. The van der Waals surface area contributed by atoms with Crippen LogP contribution in [0.3, 0.4) is 0 Å². The largest absolute Gasteiger partial charge is 0.335 e. The van der Waals surface area contributed by atoms with Crippen molar-refractivity contribution in [2.75, 3.05) is 13.1 Å². The van der Waals surface area contributed by atoms with Gasteiger partial charge in [-0.2, -0.15) is 0 Å². The van der Waals surface area contributed by atoms with Gasteiger partial charge in [-0.3, -0.25) is 4.79 Å². The molecular formula is C23H30N2O. The van der Waals surface area contributed by atoms with Crippen molar-refractivity contribution in [3.8, 4) is 0 Å². The quantitative estimate of drug-likeness (QED) is 0.901. The standard InChI is InChI=1S/C23H30N2O/c1-22(2)16-25(17-23(3,4)24-22)21(26)20-14-12-19(13-15-20)11-10-18-8-6-5-7-9-18/h5-9,12-15,24H,10-11,16-17H2,1-4H3. The molecule has 0 aromatic heterocycles. The molecule has 1 N–H and O–H groups in total. The zero-order chi connectivity index (χ0) is 18.8. The summed E-state index contributed by atoms with van der Waals surface area (Å²) in [5, 5.41) is 3.62. The molecule has 0 unspecified atom stereocenters. The lowest BCUT2D eigenvalue weighted by Gasteiger charge is -2.48. The molecule has 2 aromatic carbocycles. The number of hydrogen-bond donors (Lipinski definition) is 1. The highest BCUT2D eigenvalue weighted by molar-refractivity contribution is 5.94. The predicted molar refractivity (Wildman–Crippen MR) is 107 cm³/mol. The number of nitrogens with zero attached hydrogens (tertiary/aromatic N) is 1. The molecule has 1 fully saturated rings. The van der Waals surface area contributed by atoms with E-state index in [1.165, 1.54) is 11.1 Å². The van der Waals surface area contributed by atoms with Crippen LogP contribution in [-0.2, 0) is 12.8 Å². The van der Waals surface area contributed by atoms with E-state index >= 15 is 0 Å². The highest BCUT2D eigenvalue weighted by Crippen LogP contribution is 2.22. The third kappa shape index (κ3) is 4.73. The maximum Gasteiger partial charge on any atom is 0.253 e. The second-order valence-electron chi connectivity index (χ2n) is 8.74. The van der Waals surface area contributed by atoms with Crippen molar-refractivity contribution in [1.29, 1.82) is 0 Å². The highest BCUT2D eigenvalue weighted by atomic mass is 16.2. The van der Waals surface area contributed by atoms with E-state index in [2.05, 4.69) is 69.4 Å². The Hall–Kier alpha value is -2.13. The Balaban J connectivity index is 1.65. The molecule has 26 heavy (non-hydrogen) atoms. The summed E-state index contributed by atoms with van der Waals surface area (Å²) < 4.78 is 0. The van der Waals surface area contributed by atoms with Crippen molar-refractivity contribution >= 4 is 5.91 Å². The lowest BCUT2D eigenvalue weighted by atomic mass is 9.91. The van der Waals surface area contributed by atoms with Gasteiger partial charge >= 0.3 is 0 Å². The monoisotopic (exact) mass is 350 g/mol. The Labute approximate surface area is 157 Å². The van der Waals surface area contributed by atoms with Crippen molar-refractivity contribution in [2.45, 2.75) is 51.6 Å². The van der Waals surface area contributed by atoms with Gasteiger partial charge < -0.3 is 10.2 Å². The van der Waals surface area contributed by atoms with Crippen LogP contribution in [0.25, 0.3) is 0 Å². The van der Waals surface area contributed by atoms with Crippen LogP contribution in [0, 0.1) is 0 Å². The number of amides is 1. The SMILES string of the molecule is CC1(C)CN(C(=O)c2ccc(CCc3ccccc3)cc2)CC(C)(C)N1. The molecule has 1 aliphatic rings. The Morgan fingerprint density at radius 1 is 0.846 bits per heavy atom. The molecule has 1 saturated heterocycles. The minimum absolute atomic E-state index is 0.0764. The van der Waals surface area contributed by atoms with Gasteiger partial charge in [0.1, 0.15) is 0 Å². The maximum atomic E-state index is 13.0. The summed E-state index contributed by atoms with van der Waals surface area (Å²) in [6, 6.07) is 18.7. The van der Waals surface area contributed by atoms with E-state index in [4.69, 9.17) is 0 Å². The minimum atomic E-state index is -0.0764. The number of hydrogen-bond acceptors (Lipinski definition) is 2. The van der Waals surface area contributed by atoms with Crippen LogP contribution in [0.4, 0.5) is 0 Å². The van der Waals surface area contributed by atoms with Gasteiger partial charge in [0.15, 0.2) is 0 Å². The van der Waals surface area contributed by atoms with Crippen molar-refractivity contribution in [2.24, 2.45) is 0 Å². The number of carbonyl (C=O) groups excluding carboxylic acids is 1. The molecule has 3 heteroatoms. The summed E-state index contributed by atoms with van der Waals surface area (Å²) in [7, 11) is 0. The number of aryl methyl sites for hydroxylation is 2. The van der Waals surface area contributed by atoms with Crippen molar-refractivity contribution in [3.05, 3.63) is 71.3 Å². The molecule has 0 aliphatic carbocycles. The molecule has 1 heterocycles. The van der Waals surface area contributed by atoms with E-state index in [0.29, 0.717) is 0 Å². The Morgan fingerprint density at radius 3 is 1.88 bits per heavy atom. The molecule has 0 atom stereocenters. The van der Waals surface area contributed by atoms with Gasteiger partial charge in [0.2, 0.25) is 0 Å². The van der Waals surface area contributed by atoms with E-state index in [-0.39, 0.29) is 17.0 Å². The van der Waals surface area contributed by atoms with E-state index in [9.17, 15) is 4.79 Å². The molecule has 0 spiro atoms. The molecule has 0 bridgehead atoms. The molecule has 0 radical (unpaired) electrons. The van der Waals surface area contributed by atoms with Gasteiger partial charge in [0.25, 0.3) is 5.91 Å². The molecule has 0 saturated carbocycles. The number of piperazine rings is 1. The van der Waals surface area contributed by atoms with Gasteiger partial charge in [-0.05, 0) is 63.8 Å². The van der Waals surface area contributed by atoms with Crippen LogP contribution in [0.2, 0.25) is 0 Å². The topological polar surface area (TPSA) is 32.3 Å². The van der Waals surface area contributed by atoms with Crippen molar-refractivity contribution in [3.63, 3.8) is 0 Å². The summed E-state index contributed by atoms with van der Waals surface area (Å²) in [6.07, 6.45) is 2.01. The first-order valence-corrected chi connectivity index (χ1v) is 9.46. The number of rotatable bonds is 4. The summed E-state index contributed by atoms with van der Waals surface area (Å²) in [5.74, 6) is 0.127. The van der Waals surface area contributed by atoms with Crippen LogP contribution in [0.15, 0.2) is 54.6 Å². The van der Waals surface area contributed by atoms with Crippen LogP contribution >= 0.6 is 0 Å². The second kappa shape index (κ2) is 7.24. The molecule has 2 aromatic rings. The molecule has 3 rings (SSSR count). The van der Waals surface area contributed by atoms with E-state index in [1.54, 1.807) is 0 Å². The fourth-order valence-corrected chi connectivity index (χ4v) is 4.08. The first-order valence-electron chi connectivity index (χ1n) is 9.46. The number of carbonyl (C=O) groups is 1. The normalized spacial score (nSPS) is 18.5. The van der Waals surface area contributed by atoms with Gasteiger partial charge in [0.05, 0.1) is 0 Å². The average molecular weight is 351 g/mol. The summed E-state index contributed by atoms with van der Waals surface area (Å²) in [4.78, 5) is 14.9. The first kappa shape index (κ1) is 18.7. The molecule has 1 amide bonds. The second-order valence-corrected chi connectivity index (χ2v) is 8.74. The van der Waals surface area contributed by atoms with Crippen LogP contribution in [0.5, 0.6) is 0 Å². The van der Waals surface area contributed by atoms with Gasteiger partial charge in [0, 0.05) is 29.7 Å². The maximum absolute atomic E-state index is 13.0. The Morgan fingerprint density at radius 2 is 1.35 bits per heavy atom. The fraction of sp³-hybridized carbons (Fsp3) is 0.435. The van der Waals surface area contributed by atoms with Gasteiger partial charge in [-0.15, -0.1) is 0 Å². The van der Waals surface area contributed by atoms with E-state index in [0.717, 1.165) is 31.5 Å². The third-order valence-corrected chi connectivity index (χ3v) is 4.88. The molecule has 3 nitrogen and oxygen atoms in total. The lowest BCUT2D eigenvalue weighted by Crippen LogP contribution is -2.67. The van der Waals surface area contributed by atoms with Crippen LogP contribution in [0.1, 0.15) is 49.2 Å². The Bertz CT molecular complexity index is 732. The van der Waals surface area contributed by atoms with Crippen molar-refractivity contribution in [1.82, 2.24) is 10.2 Å². The number of benzene rings is 2. The van der Waals surface area contributed by atoms with Crippen molar-refractivity contribution < 1.29 is 4.79 Å². The summed E-state index contributed by atoms with van der Waals surface area (Å²) in [5.41, 5.74) is 3.24.